The molecule has 0 saturated heterocycles. The van der Waals surface area contributed by atoms with Gasteiger partial charge in [-0.1, -0.05) is 42.1 Å². The summed E-state index contributed by atoms with van der Waals surface area (Å²) in [6, 6.07) is 15.8. The second-order valence-electron chi connectivity index (χ2n) is 4.10. The Labute approximate surface area is 115 Å². The van der Waals surface area contributed by atoms with Crippen LogP contribution in [-0.4, -0.2) is 15.1 Å². The molecule has 0 aliphatic rings. The fourth-order valence-electron chi connectivity index (χ4n) is 1.84. The van der Waals surface area contributed by atoms with Crippen LogP contribution in [0.25, 0.3) is 10.9 Å². The molecule has 0 atom stereocenters. The molecule has 0 fully saturated rings. The molecule has 0 spiro atoms. The van der Waals surface area contributed by atoms with Crippen molar-refractivity contribution >= 4 is 22.7 Å². The fraction of sp³-hybridized carbons (Fsp3) is 0.0667. The summed E-state index contributed by atoms with van der Waals surface area (Å²) in [4.78, 5) is 9.70. The van der Waals surface area contributed by atoms with E-state index in [-0.39, 0.29) is 6.61 Å². The third-order valence-electron chi connectivity index (χ3n) is 2.83. The largest absolute Gasteiger partial charge is 0.392 e. The first-order chi connectivity index (χ1) is 9.36. The van der Waals surface area contributed by atoms with Crippen LogP contribution in [-0.2, 0) is 6.61 Å². The molecule has 0 radical (unpaired) electrons. The van der Waals surface area contributed by atoms with Crippen molar-refractivity contribution < 1.29 is 5.11 Å². The Morgan fingerprint density at radius 2 is 1.74 bits per heavy atom. The lowest BCUT2D eigenvalue weighted by Crippen LogP contribution is -1.87. The zero-order chi connectivity index (χ0) is 13.1. The summed E-state index contributed by atoms with van der Waals surface area (Å²) < 4.78 is 0. The summed E-state index contributed by atoms with van der Waals surface area (Å²) in [7, 11) is 0. The van der Waals surface area contributed by atoms with Gasteiger partial charge in [0.2, 0.25) is 0 Å². The van der Waals surface area contributed by atoms with Crippen LogP contribution in [0.3, 0.4) is 0 Å². The first kappa shape index (κ1) is 12.1. The Kier molecular flexibility index (Phi) is 3.44. The monoisotopic (exact) mass is 268 g/mol. The van der Waals surface area contributed by atoms with Gasteiger partial charge in [0.1, 0.15) is 11.4 Å². The van der Waals surface area contributed by atoms with E-state index in [1.54, 1.807) is 18.1 Å². The molecule has 2 aromatic carbocycles. The Hall–Kier alpha value is -1.91. The number of aliphatic hydroxyl groups is 1. The van der Waals surface area contributed by atoms with Crippen molar-refractivity contribution in [2.24, 2.45) is 0 Å². The van der Waals surface area contributed by atoms with Gasteiger partial charge in [-0.05, 0) is 23.8 Å². The average molecular weight is 268 g/mol. The molecule has 94 valence electrons. The molecule has 1 N–H and O–H groups in total. The van der Waals surface area contributed by atoms with E-state index < -0.39 is 0 Å². The summed E-state index contributed by atoms with van der Waals surface area (Å²) in [5.74, 6) is 0. The molecule has 4 heteroatoms. The number of fused-ring (bicyclic) bond motifs is 1. The molecule has 0 bridgehead atoms. The molecule has 3 rings (SSSR count). The van der Waals surface area contributed by atoms with E-state index in [4.69, 9.17) is 5.11 Å². The molecule has 3 aromatic rings. The SMILES string of the molecule is OCc1ccc(Sc2ncnc3ccccc23)cc1. The van der Waals surface area contributed by atoms with Gasteiger partial charge < -0.3 is 5.11 Å². The topological polar surface area (TPSA) is 46.0 Å². The maximum atomic E-state index is 9.03. The van der Waals surface area contributed by atoms with Crippen molar-refractivity contribution in [1.29, 1.82) is 0 Å². The predicted molar refractivity (Wildman–Crippen MR) is 76.0 cm³/mol. The summed E-state index contributed by atoms with van der Waals surface area (Å²) >= 11 is 1.60. The average Bonchev–Trinajstić information content (AvgIpc) is 2.48. The van der Waals surface area contributed by atoms with Crippen LogP contribution in [0.2, 0.25) is 0 Å². The maximum absolute atomic E-state index is 9.03. The smallest absolute Gasteiger partial charge is 0.117 e. The lowest BCUT2D eigenvalue weighted by molar-refractivity contribution is 0.282. The fourth-order valence-corrected chi connectivity index (χ4v) is 2.71. The van der Waals surface area contributed by atoms with Crippen LogP contribution >= 0.6 is 11.8 Å². The summed E-state index contributed by atoms with van der Waals surface area (Å²) in [6.45, 7) is 0.0708. The number of hydrogen-bond acceptors (Lipinski definition) is 4. The number of aromatic nitrogens is 2. The highest BCUT2D eigenvalue weighted by atomic mass is 32.2. The van der Waals surface area contributed by atoms with E-state index in [1.165, 1.54) is 0 Å². The Balaban J connectivity index is 1.96. The van der Waals surface area contributed by atoms with Gasteiger partial charge in [-0.2, -0.15) is 0 Å². The lowest BCUT2D eigenvalue weighted by atomic mass is 10.2. The molecule has 1 aromatic heterocycles. The third-order valence-corrected chi connectivity index (χ3v) is 3.85. The van der Waals surface area contributed by atoms with Crippen molar-refractivity contribution in [3.8, 4) is 0 Å². The van der Waals surface area contributed by atoms with E-state index >= 15 is 0 Å². The second-order valence-corrected chi connectivity index (χ2v) is 5.16. The Bertz CT molecular complexity index is 693. The van der Waals surface area contributed by atoms with Gasteiger partial charge in [0.25, 0.3) is 0 Å². The van der Waals surface area contributed by atoms with Crippen molar-refractivity contribution in [3.05, 3.63) is 60.4 Å². The zero-order valence-electron chi connectivity index (χ0n) is 10.2. The Morgan fingerprint density at radius 3 is 2.53 bits per heavy atom. The highest BCUT2D eigenvalue weighted by molar-refractivity contribution is 7.99. The minimum absolute atomic E-state index is 0.0708. The van der Waals surface area contributed by atoms with Crippen LogP contribution in [0, 0.1) is 0 Å². The molecule has 0 aliphatic carbocycles. The predicted octanol–water partition coefficient (Wildman–Crippen LogP) is 3.27. The number of benzene rings is 2. The molecule has 0 amide bonds. The normalized spacial score (nSPS) is 10.8. The molecule has 1 heterocycles. The van der Waals surface area contributed by atoms with Crippen molar-refractivity contribution in [2.75, 3.05) is 0 Å². The minimum atomic E-state index is 0.0708. The number of para-hydroxylation sites is 1. The molecule has 19 heavy (non-hydrogen) atoms. The van der Waals surface area contributed by atoms with Gasteiger partial charge in [-0.15, -0.1) is 0 Å². The third kappa shape index (κ3) is 2.59. The summed E-state index contributed by atoms with van der Waals surface area (Å²) in [5, 5.41) is 11.0. The quantitative estimate of drug-likeness (QED) is 0.740. The van der Waals surface area contributed by atoms with Crippen molar-refractivity contribution in [3.63, 3.8) is 0 Å². The zero-order valence-corrected chi connectivity index (χ0v) is 11.0. The van der Waals surface area contributed by atoms with E-state index in [0.29, 0.717) is 0 Å². The highest BCUT2D eigenvalue weighted by Gasteiger charge is 2.05. The minimum Gasteiger partial charge on any atom is -0.392 e. The Morgan fingerprint density at radius 1 is 0.947 bits per heavy atom. The number of aliphatic hydroxyl groups excluding tert-OH is 1. The maximum Gasteiger partial charge on any atom is 0.117 e. The molecule has 3 nitrogen and oxygen atoms in total. The molecular weight excluding hydrogens is 256 g/mol. The van der Waals surface area contributed by atoms with Gasteiger partial charge in [-0.3, -0.25) is 0 Å². The van der Waals surface area contributed by atoms with Crippen LogP contribution in [0.15, 0.2) is 64.8 Å². The van der Waals surface area contributed by atoms with Gasteiger partial charge in [-0.25, -0.2) is 9.97 Å². The van der Waals surface area contributed by atoms with Gasteiger partial charge in [0, 0.05) is 10.3 Å². The molecular formula is C15H12N2OS. The van der Waals surface area contributed by atoms with E-state index in [0.717, 1.165) is 26.4 Å². The van der Waals surface area contributed by atoms with Crippen LogP contribution in [0.5, 0.6) is 0 Å². The lowest BCUT2D eigenvalue weighted by Gasteiger charge is -2.05. The van der Waals surface area contributed by atoms with Gasteiger partial charge in [0.05, 0.1) is 12.1 Å². The first-order valence-corrected chi connectivity index (χ1v) is 6.76. The van der Waals surface area contributed by atoms with E-state index in [9.17, 15) is 0 Å². The summed E-state index contributed by atoms with van der Waals surface area (Å²) in [6.07, 6.45) is 1.59. The summed E-state index contributed by atoms with van der Waals surface area (Å²) in [5.41, 5.74) is 1.86. The van der Waals surface area contributed by atoms with Crippen LogP contribution in [0.1, 0.15) is 5.56 Å². The van der Waals surface area contributed by atoms with Gasteiger partial charge >= 0.3 is 0 Å². The van der Waals surface area contributed by atoms with E-state index in [1.807, 2.05) is 48.5 Å². The van der Waals surface area contributed by atoms with Crippen LogP contribution < -0.4 is 0 Å². The van der Waals surface area contributed by atoms with Crippen LogP contribution in [0.4, 0.5) is 0 Å². The van der Waals surface area contributed by atoms with Gasteiger partial charge in [0.15, 0.2) is 0 Å². The number of hydrogen-bond donors (Lipinski definition) is 1. The standard InChI is InChI=1S/C15H12N2OS/c18-9-11-5-7-12(8-6-11)19-15-13-3-1-2-4-14(13)16-10-17-15/h1-8,10,18H,9H2. The first-order valence-electron chi connectivity index (χ1n) is 5.94. The molecule has 0 saturated carbocycles. The number of rotatable bonds is 3. The van der Waals surface area contributed by atoms with Crippen molar-refractivity contribution in [2.45, 2.75) is 16.5 Å². The highest BCUT2D eigenvalue weighted by Crippen LogP contribution is 2.30. The molecule has 0 unspecified atom stereocenters. The molecule has 0 aliphatic heterocycles. The number of nitrogens with zero attached hydrogens (tertiary/aromatic N) is 2. The second kappa shape index (κ2) is 5.38. The van der Waals surface area contributed by atoms with Crippen molar-refractivity contribution in [1.82, 2.24) is 9.97 Å². The van der Waals surface area contributed by atoms with E-state index in [2.05, 4.69) is 9.97 Å².